The van der Waals surface area contributed by atoms with Crippen molar-refractivity contribution < 1.29 is 33.8 Å². The van der Waals surface area contributed by atoms with Crippen LogP contribution in [-0.4, -0.2) is 65.6 Å². The van der Waals surface area contributed by atoms with Gasteiger partial charge in [-0.05, 0) is 49.7 Å². The first kappa shape index (κ1) is 34.3. The van der Waals surface area contributed by atoms with Crippen LogP contribution in [0.5, 0.6) is 0 Å². The van der Waals surface area contributed by atoms with Crippen molar-refractivity contribution in [1.82, 2.24) is 10.2 Å². The first-order chi connectivity index (χ1) is 21.4. The number of likely N-dealkylation sites (tertiary alicyclic amines) is 1. The van der Waals surface area contributed by atoms with Gasteiger partial charge in [0.1, 0.15) is 13.2 Å². The molecule has 1 aliphatic rings. The molecule has 236 valence electrons. The van der Waals surface area contributed by atoms with Crippen LogP contribution in [0, 0.1) is 11.8 Å². The highest BCUT2D eigenvalue weighted by atomic mass is 16.6. The van der Waals surface area contributed by atoms with E-state index in [2.05, 4.69) is 18.5 Å². The van der Waals surface area contributed by atoms with Gasteiger partial charge in [0.2, 0.25) is 11.8 Å². The quantitative estimate of drug-likeness (QED) is 0.194. The van der Waals surface area contributed by atoms with Crippen LogP contribution in [0.3, 0.4) is 0 Å². The monoisotopic (exact) mass is 604 g/mol. The molecule has 0 spiro atoms. The van der Waals surface area contributed by atoms with Gasteiger partial charge in [-0.1, -0.05) is 72.8 Å². The van der Waals surface area contributed by atoms with Gasteiger partial charge in [0.05, 0.1) is 24.5 Å². The van der Waals surface area contributed by atoms with Gasteiger partial charge >= 0.3 is 11.9 Å². The van der Waals surface area contributed by atoms with Gasteiger partial charge in [-0.2, -0.15) is 0 Å². The second-order valence-electron chi connectivity index (χ2n) is 11.0. The van der Waals surface area contributed by atoms with Gasteiger partial charge in [-0.25, -0.2) is 4.79 Å². The minimum Gasteiger partial charge on any atom is -0.463 e. The van der Waals surface area contributed by atoms with Crippen LogP contribution in [0.4, 0.5) is 0 Å². The van der Waals surface area contributed by atoms with E-state index in [1.807, 2.05) is 48.5 Å². The number of carbonyl (C=O) groups excluding carboxylic acids is 4. The van der Waals surface area contributed by atoms with E-state index < -0.39 is 42.3 Å². The summed E-state index contributed by atoms with van der Waals surface area (Å²) in [6, 6.07) is 17.1. The molecule has 2 aromatic carbocycles. The number of aliphatic hydroxyl groups is 1. The van der Waals surface area contributed by atoms with Crippen LogP contribution >= 0.6 is 0 Å². The van der Waals surface area contributed by atoms with Gasteiger partial charge in [0.15, 0.2) is 6.04 Å². The van der Waals surface area contributed by atoms with Crippen molar-refractivity contribution in [3.63, 3.8) is 0 Å². The number of hydrogen-bond donors (Lipinski definition) is 2. The number of nitrogens with zero attached hydrogens (tertiary/aromatic N) is 1. The van der Waals surface area contributed by atoms with Gasteiger partial charge in [-0.15, -0.1) is 13.2 Å². The van der Waals surface area contributed by atoms with E-state index in [-0.39, 0.29) is 38.0 Å². The molecule has 44 heavy (non-hydrogen) atoms. The molecule has 0 unspecified atom stereocenters. The molecule has 9 nitrogen and oxygen atoms in total. The zero-order chi connectivity index (χ0) is 31.7. The number of allylic oxidation sites excluding steroid dienone is 2. The fourth-order valence-corrected chi connectivity index (χ4v) is 5.26. The molecule has 0 saturated carbocycles. The predicted molar refractivity (Wildman–Crippen MR) is 167 cm³/mol. The fourth-order valence-electron chi connectivity index (χ4n) is 5.26. The molecule has 1 heterocycles. The van der Waals surface area contributed by atoms with Crippen LogP contribution in [0.15, 0.2) is 86.0 Å². The maximum atomic E-state index is 13.4. The van der Waals surface area contributed by atoms with Crippen molar-refractivity contribution in [3.05, 3.63) is 97.1 Å². The molecule has 3 rings (SSSR count). The highest BCUT2D eigenvalue weighted by Gasteiger charge is 2.33. The van der Waals surface area contributed by atoms with E-state index in [1.54, 1.807) is 29.2 Å². The summed E-state index contributed by atoms with van der Waals surface area (Å²) in [6.07, 6.45) is 6.44. The van der Waals surface area contributed by atoms with Crippen LogP contribution in [-0.2, 0) is 41.7 Å². The SMILES string of the molecule is C=CCC[C@H](Cc1ccccc1)C(=O)OC[C@@H](NC(=O)[C@H](CC=C)CC(=O)N1CCC[C@H]1CO)C(=O)OCc1ccccc1. The molecule has 0 aromatic heterocycles. The van der Waals surface area contributed by atoms with Gasteiger partial charge < -0.3 is 24.8 Å². The van der Waals surface area contributed by atoms with Gasteiger partial charge in [0, 0.05) is 13.0 Å². The number of ether oxygens (including phenoxy) is 2. The van der Waals surface area contributed by atoms with Crippen LogP contribution < -0.4 is 5.32 Å². The first-order valence-corrected chi connectivity index (χ1v) is 15.2. The summed E-state index contributed by atoms with van der Waals surface area (Å²) >= 11 is 0. The minimum atomic E-state index is -1.29. The summed E-state index contributed by atoms with van der Waals surface area (Å²) in [4.78, 5) is 54.5. The molecule has 1 aliphatic heterocycles. The normalized spacial score (nSPS) is 16.3. The third-order valence-electron chi connectivity index (χ3n) is 7.75. The molecule has 2 N–H and O–H groups in total. The molecule has 2 amide bonds. The molecule has 2 aromatic rings. The molecule has 4 atom stereocenters. The summed E-state index contributed by atoms with van der Waals surface area (Å²) in [5.41, 5.74) is 1.73. The summed E-state index contributed by atoms with van der Waals surface area (Å²) in [6.45, 7) is 7.41. The van der Waals surface area contributed by atoms with E-state index >= 15 is 0 Å². The predicted octanol–water partition coefficient (Wildman–Crippen LogP) is 4.15. The third kappa shape index (κ3) is 10.8. The highest BCUT2D eigenvalue weighted by Crippen LogP contribution is 2.21. The molecule has 9 heteroatoms. The lowest BCUT2D eigenvalue weighted by Crippen LogP contribution is -2.48. The van der Waals surface area contributed by atoms with E-state index in [0.29, 0.717) is 32.2 Å². The topological polar surface area (TPSA) is 122 Å². The van der Waals surface area contributed by atoms with Crippen molar-refractivity contribution in [1.29, 1.82) is 0 Å². The van der Waals surface area contributed by atoms with Crippen molar-refractivity contribution in [2.75, 3.05) is 19.8 Å². The zero-order valence-corrected chi connectivity index (χ0v) is 25.3. The fraction of sp³-hybridized carbons (Fsp3) is 0.429. The van der Waals surface area contributed by atoms with Crippen molar-refractivity contribution in [2.45, 2.75) is 63.6 Å². The molecule has 0 aliphatic carbocycles. The van der Waals surface area contributed by atoms with E-state index in [9.17, 15) is 24.3 Å². The third-order valence-corrected chi connectivity index (χ3v) is 7.75. The zero-order valence-electron chi connectivity index (χ0n) is 25.3. The maximum absolute atomic E-state index is 13.4. The summed E-state index contributed by atoms with van der Waals surface area (Å²) in [5, 5.41) is 12.3. The molecular formula is C35H44N2O7. The average molecular weight is 605 g/mol. The summed E-state index contributed by atoms with van der Waals surface area (Å²) < 4.78 is 11.1. The molecule has 1 saturated heterocycles. The van der Waals surface area contributed by atoms with Crippen LogP contribution in [0.25, 0.3) is 0 Å². The van der Waals surface area contributed by atoms with Crippen LogP contribution in [0.1, 0.15) is 49.7 Å². The smallest absolute Gasteiger partial charge is 0.332 e. The van der Waals surface area contributed by atoms with Crippen molar-refractivity contribution >= 4 is 23.8 Å². The Kier molecular flexibility index (Phi) is 14.3. The number of esters is 2. The molecule has 0 bridgehead atoms. The van der Waals surface area contributed by atoms with Crippen molar-refractivity contribution in [3.8, 4) is 0 Å². The Bertz CT molecular complexity index is 1230. The number of rotatable bonds is 18. The number of carbonyl (C=O) groups is 4. The van der Waals surface area contributed by atoms with E-state index in [1.165, 1.54) is 0 Å². The highest BCUT2D eigenvalue weighted by molar-refractivity contribution is 5.89. The summed E-state index contributed by atoms with van der Waals surface area (Å²) in [5.74, 6) is -3.33. The number of nitrogens with one attached hydrogen (secondary N) is 1. The lowest BCUT2D eigenvalue weighted by atomic mass is 9.95. The van der Waals surface area contributed by atoms with Gasteiger partial charge in [0.25, 0.3) is 0 Å². The summed E-state index contributed by atoms with van der Waals surface area (Å²) in [7, 11) is 0. The second kappa shape index (κ2) is 18.4. The Morgan fingerprint density at radius 3 is 2.25 bits per heavy atom. The number of aliphatic hydroxyl groups excluding tert-OH is 1. The Morgan fingerprint density at radius 2 is 1.61 bits per heavy atom. The maximum Gasteiger partial charge on any atom is 0.332 e. The number of benzene rings is 2. The van der Waals surface area contributed by atoms with E-state index in [4.69, 9.17) is 9.47 Å². The Morgan fingerprint density at radius 1 is 0.932 bits per heavy atom. The molecule has 1 fully saturated rings. The number of amides is 2. The molecular weight excluding hydrogens is 560 g/mol. The second-order valence-corrected chi connectivity index (χ2v) is 11.0. The lowest BCUT2D eigenvalue weighted by Gasteiger charge is -2.26. The largest absolute Gasteiger partial charge is 0.463 e. The Balaban J connectivity index is 1.71. The standard InChI is InChI=1S/C35H44N2O7/c1-3-5-18-29(21-26-14-8-6-9-15-26)34(41)44-25-31(35(42)43-24-27-16-10-7-11-17-27)36-33(40)28(13-4-2)22-32(39)37-20-12-19-30(37)23-38/h3-4,6-11,14-17,28-31,38H,1-2,5,12-13,18-25H2,(H,36,40)/t28-,29-,30+,31-/m1/s1. The Hall–Kier alpha value is -4.24. The minimum absolute atomic E-state index is 0.0258. The average Bonchev–Trinajstić information content (AvgIpc) is 3.53. The van der Waals surface area contributed by atoms with Crippen molar-refractivity contribution in [2.24, 2.45) is 11.8 Å². The lowest BCUT2D eigenvalue weighted by molar-refractivity contribution is -0.157. The van der Waals surface area contributed by atoms with Gasteiger partial charge in [-0.3, -0.25) is 14.4 Å². The van der Waals surface area contributed by atoms with E-state index in [0.717, 1.165) is 17.5 Å². The molecule has 0 radical (unpaired) electrons. The number of hydrogen-bond acceptors (Lipinski definition) is 7. The first-order valence-electron chi connectivity index (χ1n) is 15.2. The van der Waals surface area contributed by atoms with Crippen LogP contribution in [0.2, 0.25) is 0 Å². The Labute approximate surface area is 259 Å².